The van der Waals surface area contributed by atoms with E-state index in [1.54, 1.807) is 20.8 Å². The molecule has 0 unspecified atom stereocenters. The zero-order chi connectivity index (χ0) is 15.2. The predicted octanol–water partition coefficient (Wildman–Crippen LogP) is 2.51. The van der Waals surface area contributed by atoms with E-state index in [9.17, 15) is 9.59 Å². The first-order valence-electron chi connectivity index (χ1n) is 7.07. The molecule has 0 saturated heterocycles. The lowest BCUT2D eigenvalue weighted by molar-refractivity contribution is -0.158. The third-order valence-corrected chi connectivity index (χ3v) is 3.16. The number of carbonyl (C=O) groups excluding carboxylic acids is 2. The summed E-state index contributed by atoms with van der Waals surface area (Å²) in [5.41, 5.74) is -1.07. The molecule has 0 heterocycles. The van der Waals surface area contributed by atoms with E-state index in [4.69, 9.17) is 4.74 Å². The van der Waals surface area contributed by atoms with Crippen molar-refractivity contribution in [1.82, 2.24) is 4.90 Å². The van der Waals surface area contributed by atoms with E-state index < -0.39 is 11.4 Å². The van der Waals surface area contributed by atoms with Gasteiger partial charge in [-0.1, -0.05) is 13.8 Å². The second-order valence-corrected chi connectivity index (χ2v) is 6.19. The summed E-state index contributed by atoms with van der Waals surface area (Å²) in [6, 6.07) is 0.282. The predicted molar refractivity (Wildman–Crippen MR) is 77.0 cm³/mol. The van der Waals surface area contributed by atoms with Gasteiger partial charge in [0.1, 0.15) is 5.41 Å². The average molecular weight is 271 g/mol. The molecule has 112 valence electrons. The van der Waals surface area contributed by atoms with Gasteiger partial charge >= 0.3 is 5.97 Å². The van der Waals surface area contributed by atoms with Crippen LogP contribution in [0.15, 0.2) is 0 Å². The molecule has 0 N–H and O–H groups in total. The maximum atomic E-state index is 12.3. The molecule has 0 fully saturated rings. The maximum absolute atomic E-state index is 12.3. The monoisotopic (exact) mass is 271 g/mol. The number of ketones is 1. The van der Waals surface area contributed by atoms with Crippen LogP contribution >= 0.6 is 0 Å². The van der Waals surface area contributed by atoms with Crippen LogP contribution in [-0.4, -0.2) is 42.4 Å². The Bertz CT molecular complexity index is 309. The molecule has 19 heavy (non-hydrogen) atoms. The molecule has 0 aliphatic heterocycles. The van der Waals surface area contributed by atoms with Crippen LogP contribution in [0.5, 0.6) is 0 Å². The van der Waals surface area contributed by atoms with Crippen molar-refractivity contribution in [2.24, 2.45) is 11.3 Å². The number of hydrogen-bond acceptors (Lipinski definition) is 4. The molecule has 0 spiro atoms. The fraction of sp³-hybridized carbons (Fsp3) is 0.867. The SMILES string of the molecule is CCOC(=O)C(C)(C)C(=O)CN(CC(C)C)C(C)C. The molecule has 0 aliphatic carbocycles. The lowest BCUT2D eigenvalue weighted by Gasteiger charge is -2.30. The van der Waals surface area contributed by atoms with Gasteiger partial charge in [0.2, 0.25) is 0 Å². The molecule has 0 rings (SSSR count). The van der Waals surface area contributed by atoms with Crippen molar-refractivity contribution in [3.05, 3.63) is 0 Å². The average Bonchev–Trinajstić information content (AvgIpc) is 2.27. The smallest absolute Gasteiger partial charge is 0.319 e. The van der Waals surface area contributed by atoms with Crippen LogP contribution in [-0.2, 0) is 14.3 Å². The highest BCUT2D eigenvalue weighted by molar-refractivity contribution is 6.03. The summed E-state index contributed by atoms with van der Waals surface area (Å²) in [4.78, 5) is 26.3. The highest BCUT2D eigenvalue weighted by atomic mass is 16.5. The van der Waals surface area contributed by atoms with Crippen LogP contribution in [0.4, 0.5) is 0 Å². The number of ether oxygens (including phenoxy) is 1. The Morgan fingerprint density at radius 1 is 1.16 bits per heavy atom. The Kier molecular flexibility index (Phi) is 7.27. The molecule has 0 bridgehead atoms. The van der Waals surface area contributed by atoms with Gasteiger partial charge in [-0.3, -0.25) is 14.5 Å². The van der Waals surface area contributed by atoms with Crippen molar-refractivity contribution in [2.75, 3.05) is 19.7 Å². The maximum Gasteiger partial charge on any atom is 0.319 e. The molecule has 0 aromatic heterocycles. The van der Waals surface area contributed by atoms with Gasteiger partial charge in [0.15, 0.2) is 5.78 Å². The first kappa shape index (κ1) is 18.1. The molecule has 0 amide bonds. The van der Waals surface area contributed by atoms with Gasteiger partial charge in [0, 0.05) is 12.6 Å². The van der Waals surface area contributed by atoms with Gasteiger partial charge in [-0.25, -0.2) is 0 Å². The van der Waals surface area contributed by atoms with Gasteiger partial charge in [-0.2, -0.15) is 0 Å². The van der Waals surface area contributed by atoms with Crippen molar-refractivity contribution < 1.29 is 14.3 Å². The minimum absolute atomic E-state index is 0.0831. The molecule has 4 nitrogen and oxygen atoms in total. The molecule has 0 aromatic carbocycles. The molecule has 0 aromatic rings. The van der Waals surface area contributed by atoms with Gasteiger partial charge in [0.25, 0.3) is 0 Å². The minimum Gasteiger partial charge on any atom is -0.465 e. The third-order valence-electron chi connectivity index (χ3n) is 3.16. The van der Waals surface area contributed by atoms with Crippen molar-refractivity contribution in [3.63, 3.8) is 0 Å². The number of esters is 1. The summed E-state index contributed by atoms with van der Waals surface area (Å²) in [7, 11) is 0. The van der Waals surface area contributed by atoms with Crippen molar-refractivity contribution in [1.29, 1.82) is 0 Å². The largest absolute Gasteiger partial charge is 0.465 e. The zero-order valence-electron chi connectivity index (χ0n) is 13.4. The van der Waals surface area contributed by atoms with Crippen LogP contribution < -0.4 is 0 Å². The van der Waals surface area contributed by atoms with Crippen LogP contribution in [0.3, 0.4) is 0 Å². The number of rotatable bonds is 8. The fourth-order valence-electron chi connectivity index (χ4n) is 1.73. The number of hydrogen-bond donors (Lipinski definition) is 0. The van der Waals surface area contributed by atoms with Crippen molar-refractivity contribution in [2.45, 2.75) is 54.5 Å². The second-order valence-electron chi connectivity index (χ2n) is 6.19. The van der Waals surface area contributed by atoms with Gasteiger partial charge in [0.05, 0.1) is 13.2 Å². The van der Waals surface area contributed by atoms with Crippen LogP contribution in [0.2, 0.25) is 0 Å². The summed E-state index contributed by atoms with van der Waals surface area (Å²) < 4.78 is 4.97. The number of Topliss-reactive ketones (excluding diaryl/α,β-unsaturated/α-hetero) is 1. The van der Waals surface area contributed by atoms with E-state index in [1.165, 1.54) is 0 Å². The summed E-state index contributed by atoms with van der Waals surface area (Å²) in [6.07, 6.45) is 0. The lowest BCUT2D eigenvalue weighted by Crippen LogP contribution is -2.45. The van der Waals surface area contributed by atoms with E-state index in [2.05, 4.69) is 32.6 Å². The van der Waals surface area contributed by atoms with Crippen LogP contribution in [0.25, 0.3) is 0 Å². The summed E-state index contributed by atoms with van der Waals surface area (Å²) in [6.45, 7) is 14.8. The normalized spacial score (nSPS) is 12.3. The molecule has 4 heteroatoms. The molecule has 0 atom stereocenters. The van der Waals surface area contributed by atoms with E-state index >= 15 is 0 Å². The number of carbonyl (C=O) groups is 2. The third kappa shape index (κ3) is 5.72. The first-order chi connectivity index (χ1) is 8.62. The lowest BCUT2D eigenvalue weighted by atomic mass is 9.87. The van der Waals surface area contributed by atoms with E-state index in [0.717, 1.165) is 6.54 Å². The standard InChI is InChI=1S/C15H29NO3/c1-8-19-14(18)15(6,7)13(17)10-16(12(4)5)9-11(2)3/h11-12H,8-10H2,1-7H3. The number of nitrogens with zero attached hydrogens (tertiary/aromatic N) is 1. The Morgan fingerprint density at radius 2 is 1.68 bits per heavy atom. The van der Waals surface area contributed by atoms with Gasteiger partial charge in [-0.05, 0) is 40.5 Å². The summed E-state index contributed by atoms with van der Waals surface area (Å²) in [5.74, 6) is -0.0329. The molecule has 0 saturated carbocycles. The highest BCUT2D eigenvalue weighted by Gasteiger charge is 2.38. The Hall–Kier alpha value is -0.900. The zero-order valence-corrected chi connectivity index (χ0v) is 13.4. The Morgan fingerprint density at radius 3 is 2.05 bits per heavy atom. The molecular formula is C15H29NO3. The van der Waals surface area contributed by atoms with Crippen molar-refractivity contribution >= 4 is 11.8 Å². The Labute approximate surface area is 117 Å². The molecular weight excluding hydrogens is 242 g/mol. The van der Waals surface area contributed by atoms with Crippen LogP contribution in [0.1, 0.15) is 48.5 Å². The molecule has 0 radical (unpaired) electrons. The van der Waals surface area contributed by atoms with Crippen molar-refractivity contribution in [3.8, 4) is 0 Å². The van der Waals surface area contributed by atoms with E-state index in [0.29, 0.717) is 19.1 Å². The minimum atomic E-state index is -1.07. The van der Waals surface area contributed by atoms with E-state index in [1.807, 2.05) is 0 Å². The Balaban J connectivity index is 4.75. The quantitative estimate of drug-likeness (QED) is 0.503. The molecule has 0 aliphatic rings. The summed E-state index contributed by atoms with van der Waals surface area (Å²) in [5, 5.41) is 0. The topological polar surface area (TPSA) is 46.6 Å². The first-order valence-corrected chi connectivity index (χ1v) is 7.07. The second kappa shape index (κ2) is 7.63. The highest BCUT2D eigenvalue weighted by Crippen LogP contribution is 2.20. The van der Waals surface area contributed by atoms with Gasteiger partial charge < -0.3 is 4.74 Å². The summed E-state index contributed by atoms with van der Waals surface area (Å²) >= 11 is 0. The van der Waals surface area contributed by atoms with Gasteiger partial charge in [-0.15, -0.1) is 0 Å². The van der Waals surface area contributed by atoms with Crippen LogP contribution in [0, 0.1) is 11.3 Å². The fourth-order valence-corrected chi connectivity index (χ4v) is 1.73. The van der Waals surface area contributed by atoms with E-state index in [-0.39, 0.29) is 11.8 Å².